The fourth-order valence-corrected chi connectivity index (χ4v) is 4.28. The molecule has 1 aromatic heterocycles. The van der Waals surface area contributed by atoms with Crippen LogP contribution in [-0.4, -0.2) is 39.3 Å². The van der Waals surface area contributed by atoms with E-state index in [0.717, 1.165) is 19.5 Å². The molecule has 4 nitrogen and oxygen atoms in total. The molecule has 2 aliphatic rings. The van der Waals surface area contributed by atoms with E-state index in [-0.39, 0.29) is 11.9 Å². The van der Waals surface area contributed by atoms with Crippen LogP contribution in [0.5, 0.6) is 0 Å². The molecular weight excluding hydrogens is 298 g/mol. The van der Waals surface area contributed by atoms with Crippen LogP contribution in [0.3, 0.4) is 0 Å². The maximum absolute atomic E-state index is 12.7. The van der Waals surface area contributed by atoms with Gasteiger partial charge >= 0.3 is 0 Å². The Balaban J connectivity index is 1.51. The summed E-state index contributed by atoms with van der Waals surface area (Å²) in [5.74, 6) is 0.289. The SMILES string of the molecule is CC(c1ccccc1)N1C(=O)C[C@H]2[C@@H]1CCN2Cc1cccnc1. The van der Waals surface area contributed by atoms with Gasteiger partial charge in [-0.2, -0.15) is 0 Å². The number of hydrogen-bond acceptors (Lipinski definition) is 3. The van der Waals surface area contributed by atoms with Crippen molar-refractivity contribution in [1.29, 1.82) is 0 Å². The van der Waals surface area contributed by atoms with Crippen molar-refractivity contribution in [1.82, 2.24) is 14.8 Å². The Morgan fingerprint density at radius 3 is 2.75 bits per heavy atom. The molecule has 0 N–H and O–H groups in total. The topological polar surface area (TPSA) is 36.4 Å². The van der Waals surface area contributed by atoms with Crippen LogP contribution in [0.4, 0.5) is 0 Å². The first kappa shape index (κ1) is 15.3. The van der Waals surface area contributed by atoms with Crippen molar-refractivity contribution in [3.05, 3.63) is 66.0 Å². The van der Waals surface area contributed by atoms with Gasteiger partial charge in [-0.25, -0.2) is 0 Å². The second-order valence-corrected chi connectivity index (χ2v) is 6.85. The molecule has 2 aromatic rings. The summed E-state index contributed by atoms with van der Waals surface area (Å²) < 4.78 is 0. The summed E-state index contributed by atoms with van der Waals surface area (Å²) in [4.78, 5) is 21.5. The third-order valence-corrected chi connectivity index (χ3v) is 5.46. The molecule has 0 bridgehead atoms. The maximum Gasteiger partial charge on any atom is 0.225 e. The van der Waals surface area contributed by atoms with Crippen molar-refractivity contribution in [3.8, 4) is 0 Å². The number of fused-ring (bicyclic) bond motifs is 1. The lowest BCUT2D eigenvalue weighted by atomic mass is 10.0. The molecular formula is C20H23N3O. The van der Waals surface area contributed by atoms with Gasteiger partial charge in [0.25, 0.3) is 0 Å². The number of amides is 1. The number of carbonyl (C=O) groups is 1. The number of benzene rings is 1. The molecule has 0 radical (unpaired) electrons. The molecule has 3 atom stereocenters. The summed E-state index contributed by atoms with van der Waals surface area (Å²) >= 11 is 0. The Kier molecular flexibility index (Phi) is 4.07. The largest absolute Gasteiger partial charge is 0.331 e. The molecule has 0 spiro atoms. The number of aromatic nitrogens is 1. The number of nitrogens with zero attached hydrogens (tertiary/aromatic N) is 3. The number of rotatable bonds is 4. The van der Waals surface area contributed by atoms with E-state index in [1.807, 2.05) is 30.5 Å². The third-order valence-electron chi connectivity index (χ3n) is 5.46. The second-order valence-electron chi connectivity index (χ2n) is 6.85. The summed E-state index contributed by atoms with van der Waals surface area (Å²) in [6, 6.07) is 15.3. The van der Waals surface area contributed by atoms with E-state index >= 15 is 0 Å². The summed E-state index contributed by atoms with van der Waals surface area (Å²) in [6.45, 7) is 4.09. The molecule has 24 heavy (non-hydrogen) atoms. The fraction of sp³-hybridized carbons (Fsp3) is 0.400. The molecule has 2 aliphatic heterocycles. The number of hydrogen-bond donors (Lipinski definition) is 0. The smallest absolute Gasteiger partial charge is 0.225 e. The molecule has 124 valence electrons. The standard InChI is InChI=1S/C20H23N3O/c1-15(17-7-3-2-4-8-17)23-18-9-11-22(19(18)12-20(23)24)14-16-6-5-10-21-13-16/h2-8,10,13,15,18-19H,9,11-12,14H2,1H3/t15?,18-,19-/m0/s1. The average Bonchev–Trinajstić information content (AvgIpc) is 3.14. The van der Waals surface area contributed by atoms with E-state index in [4.69, 9.17) is 0 Å². The molecule has 3 heterocycles. The molecule has 1 amide bonds. The fourth-order valence-electron chi connectivity index (χ4n) is 4.28. The summed E-state index contributed by atoms with van der Waals surface area (Å²) in [6.07, 6.45) is 5.43. The zero-order valence-electron chi connectivity index (χ0n) is 14.0. The van der Waals surface area contributed by atoms with Gasteiger partial charge in [-0.3, -0.25) is 14.7 Å². The van der Waals surface area contributed by atoms with E-state index in [2.05, 4.69) is 39.9 Å². The molecule has 2 fully saturated rings. The quantitative estimate of drug-likeness (QED) is 0.868. The van der Waals surface area contributed by atoms with E-state index in [9.17, 15) is 4.79 Å². The highest BCUT2D eigenvalue weighted by Gasteiger charge is 2.48. The first-order valence-corrected chi connectivity index (χ1v) is 8.73. The molecule has 4 rings (SSSR count). The minimum Gasteiger partial charge on any atom is -0.331 e. The Bertz CT molecular complexity index is 703. The second kappa shape index (κ2) is 6.36. The van der Waals surface area contributed by atoms with Gasteiger partial charge in [0.15, 0.2) is 0 Å². The van der Waals surface area contributed by atoms with Crippen LogP contribution >= 0.6 is 0 Å². The highest BCUT2D eigenvalue weighted by molar-refractivity contribution is 5.80. The van der Waals surface area contributed by atoms with Gasteiger partial charge in [-0.15, -0.1) is 0 Å². The summed E-state index contributed by atoms with van der Waals surface area (Å²) in [5, 5.41) is 0. The summed E-state index contributed by atoms with van der Waals surface area (Å²) in [7, 11) is 0. The van der Waals surface area contributed by atoms with Crippen molar-refractivity contribution in [2.75, 3.05) is 6.54 Å². The lowest BCUT2D eigenvalue weighted by Crippen LogP contribution is -2.38. The van der Waals surface area contributed by atoms with Crippen LogP contribution < -0.4 is 0 Å². The van der Waals surface area contributed by atoms with Crippen LogP contribution in [0, 0.1) is 0 Å². The monoisotopic (exact) mass is 321 g/mol. The average molecular weight is 321 g/mol. The zero-order valence-corrected chi connectivity index (χ0v) is 14.0. The van der Waals surface area contributed by atoms with E-state index in [1.165, 1.54) is 11.1 Å². The van der Waals surface area contributed by atoms with Crippen LogP contribution in [0.15, 0.2) is 54.9 Å². The maximum atomic E-state index is 12.7. The van der Waals surface area contributed by atoms with E-state index in [0.29, 0.717) is 18.5 Å². The van der Waals surface area contributed by atoms with Crippen LogP contribution in [0.2, 0.25) is 0 Å². The Morgan fingerprint density at radius 1 is 1.17 bits per heavy atom. The molecule has 2 saturated heterocycles. The van der Waals surface area contributed by atoms with Crippen LogP contribution in [0.25, 0.3) is 0 Å². The number of carbonyl (C=O) groups excluding carboxylic acids is 1. The minimum absolute atomic E-state index is 0.145. The van der Waals surface area contributed by atoms with Gasteiger partial charge in [0, 0.05) is 44.0 Å². The van der Waals surface area contributed by atoms with Crippen LogP contribution in [-0.2, 0) is 11.3 Å². The molecule has 1 aromatic carbocycles. The predicted molar refractivity (Wildman–Crippen MR) is 93.2 cm³/mol. The van der Waals surface area contributed by atoms with Gasteiger partial charge in [0.2, 0.25) is 5.91 Å². The van der Waals surface area contributed by atoms with Gasteiger partial charge < -0.3 is 4.90 Å². The van der Waals surface area contributed by atoms with Crippen molar-refractivity contribution in [2.45, 2.75) is 44.4 Å². The van der Waals surface area contributed by atoms with Gasteiger partial charge in [-0.05, 0) is 30.5 Å². The van der Waals surface area contributed by atoms with Crippen molar-refractivity contribution in [3.63, 3.8) is 0 Å². The van der Waals surface area contributed by atoms with Crippen LogP contribution in [0.1, 0.15) is 36.9 Å². The van der Waals surface area contributed by atoms with Crippen molar-refractivity contribution in [2.24, 2.45) is 0 Å². The van der Waals surface area contributed by atoms with Crippen molar-refractivity contribution >= 4 is 5.91 Å². The van der Waals surface area contributed by atoms with Gasteiger partial charge in [-0.1, -0.05) is 36.4 Å². The Hall–Kier alpha value is -2.20. The highest BCUT2D eigenvalue weighted by Crippen LogP contribution is 2.38. The lowest BCUT2D eigenvalue weighted by molar-refractivity contribution is -0.131. The van der Waals surface area contributed by atoms with E-state index in [1.54, 1.807) is 6.20 Å². The molecule has 4 heteroatoms. The summed E-state index contributed by atoms with van der Waals surface area (Å²) in [5.41, 5.74) is 2.44. The minimum atomic E-state index is 0.145. The number of pyridine rings is 1. The molecule has 1 unspecified atom stereocenters. The predicted octanol–water partition coefficient (Wildman–Crippen LogP) is 3.02. The highest BCUT2D eigenvalue weighted by atomic mass is 16.2. The van der Waals surface area contributed by atoms with Gasteiger partial charge in [0.05, 0.1) is 6.04 Å². The first-order valence-electron chi connectivity index (χ1n) is 8.73. The van der Waals surface area contributed by atoms with E-state index < -0.39 is 0 Å². The van der Waals surface area contributed by atoms with Crippen molar-refractivity contribution < 1.29 is 4.79 Å². The lowest BCUT2D eigenvalue weighted by Gasteiger charge is -2.31. The first-order chi connectivity index (χ1) is 11.7. The zero-order chi connectivity index (χ0) is 16.5. The van der Waals surface area contributed by atoms with Gasteiger partial charge in [0.1, 0.15) is 0 Å². The molecule has 0 aliphatic carbocycles. The third kappa shape index (κ3) is 2.71. The number of likely N-dealkylation sites (tertiary alicyclic amines) is 2. The Labute approximate surface area is 143 Å². The molecule has 0 saturated carbocycles. The Morgan fingerprint density at radius 2 is 2.00 bits per heavy atom. The normalized spacial score (nSPS) is 25.0.